The van der Waals surface area contributed by atoms with Crippen LogP contribution in [0.4, 0.5) is 0 Å². The predicted molar refractivity (Wildman–Crippen MR) is 405 cm³/mol. The summed E-state index contributed by atoms with van der Waals surface area (Å²) < 4.78 is 38.6. The van der Waals surface area contributed by atoms with Crippen molar-refractivity contribution in [3.63, 3.8) is 0 Å². The van der Waals surface area contributed by atoms with Crippen LogP contribution in [0.5, 0.6) is 11.5 Å². The van der Waals surface area contributed by atoms with Crippen LogP contribution in [0.3, 0.4) is 0 Å². The summed E-state index contributed by atoms with van der Waals surface area (Å²) in [5.74, 6) is 1.51. The number of unbranched alkanes of at least 4 members (excludes halogenated alkanes) is 48. The van der Waals surface area contributed by atoms with E-state index in [0.717, 1.165) is 59.3 Å². The van der Waals surface area contributed by atoms with Gasteiger partial charge in [-0.25, -0.2) is 0 Å². The first-order valence-corrected chi connectivity index (χ1v) is 42.3. The Morgan fingerprint density at radius 3 is 0.703 bits per heavy atom. The summed E-state index contributed by atoms with van der Waals surface area (Å²) in [6.07, 6.45) is 74.5. The molecule has 4 rings (SSSR count). The molecule has 0 aliphatic carbocycles. The van der Waals surface area contributed by atoms with Crippen LogP contribution in [0.2, 0.25) is 0 Å². The van der Waals surface area contributed by atoms with Crippen LogP contribution in [0.1, 0.15) is 412 Å². The van der Waals surface area contributed by atoms with Crippen molar-refractivity contribution in [2.45, 2.75) is 412 Å². The first-order chi connectivity index (χ1) is 45.0. The van der Waals surface area contributed by atoms with Gasteiger partial charge in [0.05, 0.1) is 48.3 Å². The number of rotatable bonds is 66. The van der Waals surface area contributed by atoms with Gasteiger partial charge in [-0.15, -0.1) is 22.7 Å². The standard InChI is InChI=1S/C82H144N2O4S3/c1-9-15-19-23-27-31-35-39-43-47-51-55-59-65-81(87-13-5,66-60-56-52-48-44-40-36-32-28-24-20-16-10-2)71-63-69-89-79(71)73-75-76(84-91-83-75)74(78(86-8)77(73)85-7)80-72(64-70-90-80)82(88-14-6,67-61-57-53-49-45-41-37-33-29-25-21-17-11-3)68-62-58-54-50-46-42-38-34-30-26-22-18-12-4/h63-64,69-70H,9-62,65-68H2,1-8H3. The molecule has 0 spiro atoms. The topological polar surface area (TPSA) is 62.7 Å². The number of ether oxygens (including phenoxy) is 4. The molecule has 0 bridgehead atoms. The zero-order valence-electron chi connectivity index (χ0n) is 61.1. The maximum atomic E-state index is 7.30. The average molecular weight is 1320 g/mol. The van der Waals surface area contributed by atoms with Crippen LogP contribution in [0, 0.1) is 0 Å². The van der Waals surface area contributed by atoms with Crippen LogP contribution in [-0.4, -0.2) is 36.2 Å². The van der Waals surface area contributed by atoms with Gasteiger partial charge in [0.15, 0.2) is 11.5 Å². The molecular formula is C82H144N2O4S3. The van der Waals surface area contributed by atoms with E-state index in [4.69, 9.17) is 27.7 Å². The van der Waals surface area contributed by atoms with Crippen LogP contribution in [-0.2, 0) is 20.7 Å². The fourth-order valence-electron chi connectivity index (χ4n) is 15.0. The van der Waals surface area contributed by atoms with Crippen molar-refractivity contribution in [1.29, 1.82) is 0 Å². The Morgan fingerprint density at radius 1 is 0.297 bits per heavy atom. The molecule has 0 radical (unpaired) electrons. The SMILES string of the molecule is CCCCCCCCCCCCCCCC(CCCCCCCCCCCCCCC)(OCC)c1ccsc1-c1c(OC)c(OC)c(-c2sccc2C(CCCCCCCCCCCCCCC)(CCCCCCCCCCCCCCC)OCC)c2nsnc12. The summed E-state index contributed by atoms with van der Waals surface area (Å²) in [7, 11) is 3.67. The quantitative estimate of drug-likeness (QED) is 0.0411. The molecule has 4 aromatic rings. The molecule has 0 aliphatic rings. The second kappa shape index (κ2) is 54.0. The summed E-state index contributed by atoms with van der Waals surface area (Å²) >= 11 is 4.95. The minimum Gasteiger partial charge on any atom is -0.492 e. The highest BCUT2D eigenvalue weighted by atomic mass is 32.1. The zero-order chi connectivity index (χ0) is 65.0. The fraction of sp³-hybridized carbons (Fsp3) is 0.829. The number of aromatic nitrogens is 2. The van der Waals surface area contributed by atoms with Gasteiger partial charge < -0.3 is 18.9 Å². The second-order valence-corrected chi connectivity index (χ2v) is 30.3. The fourth-order valence-corrected chi connectivity index (χ4v) is 17.6. The highest BCUT2D eigenvalue weighted by molar-refractivity contribution is 7.14. The van der Waals surface area contributed by atoms with E-state index in [1.165, 1.54) is 366 Å². The minimum absolute atomic E-state index is 0.411. The first-order valence-electron chi connectivity index (χ1n) is 39.8. The Hall–Kier alpha value is -2.04. The van der Waals surface area contributed by atoms with Crippen molar-refractivity contribution >= 4 is 45.4 Å². The van der Waals surface area contributed by atoms with Gasteiger partial charge in [0.25, 0.3) is 0 Å². The van der Waals surface area contributed by atoms with Crippen LogP contribution >= 0.6 is 34.4 Å². The predicted octanol–water partition coefficient (Wildman–Crippen LogP) is 29.6. The third-order valence-electron chi connectivity index (χ3n) is 20.4. The average Bonchev–Trinajstić information content (AvgIpc) is 1.59. The van der Waals surface area contributed by atoms with E-state index in [1.54, 1.807) is 0 Å². The third-order valence-corrected chi connectivity index (χ3v) is 22.8. The van der Waals surface area contributed by atoms with Crippen molar-refractivity contribution in [3.05, 3.63) is 34.0 Å². The number of methoxy groups -OCH3 is 2. The zero-order valence-corrected chi connectivity index (χ0v) is 63.5. The van der Waals surface area contributed by atoms with Crippen molar-refractivity contribution < 1.29 is 18.9 Å². The van der Waals surface area contributed by atoms with Gasteiger partial charge in [-0.2, -0.15) is 8.75 Å². The smallest absolute Gasteiger partial charge is 0.172 e. The number of benzene rings is 1. The van der Waals surface area contributed by atoms with E-state index in [2.05, 4.69) is 64.4 Å². The van der Waals surface area contributed by atoms with Gasteiger partial charge in [-0.1, -0.05) is 362 Å². The largest absolute Gasteiger partial charge is 0.492 e. The Morgan fingerprint density at radius 2 is 0.505 bits per heavy atom. The molecule has 0 saturated heterocycles. The molecule has 9 heteroatoms. The highest BCUT2D eigenvalue weighted by Gasteiger charge is 2.40. The normalized spacial score (nSPS) is 12.2. The molecule has 0 unspecified atom stereocenters. The Labute approximate surface area is 575 Å². The molecule has 0 amide bonds. The first kappa shape index (κ1) is 81.4. The molecule has 0 atom stereocenters. The van der Waals surface area contributed by atoms with E-state index in [0.29, 0.717) is 13.2 Å². The lowest BCUT2D eigenvalue weighted by atomic mass is 9.81. The van der Waals surface area contributed by atoms with Gasteiger partial charge in [0, 0.05) is 34.1 Å². The van der Waals surface area contributed by atoms with Gasteiger partial charge in [0.1, 0.15) is 11.0 Å². The van der Waals surface area contributed by atoms with Crippen molar-refractivity contribution in [2.75, 3.05) is 27.4 Å². The van der Waals surface area contributed by atoms with Gasteiger partial charge in [-0.3, -0.25) is 0 Å². The number of thiophene rings is 2. The lowest BCUT2D eigenvalue weighted by Crippen LogP contribution is -2.30. The lowest BCUT2D eigenvalue weighted by molar-refractivity contribution is -0.0602. The van der Waals surface area contributed by atoms with Crippen LogP contribution in [0.15, 0.2) is 22.9 Å². The third kappa shape index (κ3) is 31.4. The van der Waals surface area contributed by atoms with Gasteiger partial charge in [0.2, 0.25) is 0 Å². The van der Waals surface area contributed by atoms with Crippen molar-refractivity contribution in [2.24, 2.45) is 0 Å². The number of hydrogen-bond acceptors (Lipinski definition) is 9. The number of hydrogen-bond donors (Lipinski definition) is 0. The lowest BCUT2D eigenvalue weighted by Gasteiger charge is -2.36. The van der Waals surface area contributed by atoms with Gasteiger partial charge >= 0.3 is 0 Å². The maximum absolute atomic E-state index is 7.30. The molecule has 3 aromatic heterocycles. The van der Waals surface area contributed by atoms with E-state index >= 15 is 0 Å². The van der Waals surface area contributed by atoms with Crippen molar-refractivity contribution in [1.82, 2.24) is 8.75 Å². The summed E-state index contributed by atoms with van der Waals surface area (Å²) in [5, 5.41) is 4.61. The number of fused-ring (bicyclic) bond motifs is 1. The summed E-state index contributed by atoms with van der Waals surface area (Å²) in [6.45, 7) is 15.1. The summed E-state index contributed by atoms with van der Waals surface area (Å²) in [5.41, 5.74) is 5.59. The molecule has 524 valence electrons. The molecule has 1 aromatic carbocycles. The van der Waals surface area contributed by atoms with E-state index < -0.39 is 11.2 Å². The van der Waals surface area contributed by atoms with E-state index in [-0.39, 0.29) is 0 Å². The molecule has 6 nitrogen and oxygen atoms in total. The monoisotopic (exact) mass is 1320 g/mol. The van der Waals surface area contributed by atoms with Gasteiger partial charge in [-0.05, 0) is 62.4 Å². The molecule has 0 fully saturated rings. The van der Waals surface area contributed by atoms with Crippen LogP contribution < -0.4 is 9.47 Å². The van der Waals surface area contributed by atoms with E-state index in [1.807, 2.05) is 36.9 Å². The molecular weight excluding hydrogens is 1170 g/mol. The Balaban J connectivity index is 1.63. The molecule has 91 heavy (non-hydrogen) atoms. The minimum atomic E-state index is -0.411. The molecule has 0 N–H and O–H groups in total. The Kier molecular flexibility index (Phi) is 48.3. The second-order valence-electron chi connectivity index (χ2n) is 27.9. The summed E-state index contributed by atoms with van der Waals surface area (Å²) in [4.78, 5) is 2.38. The van der Waals surface area contributed by atoms with E-state index in [9.17, 15) is 0 Å². The Bertz CT molecular complexity index is 2070. The molecule has 3 heterocycles. The number of nitrogens with zero attached hydrogens (tertiary/aromatic N) is 2. The van der Waals surface area contributed by atoms with Crippen LogP contribution in [0.25, 0.3) is 31.9 Å². The molecule has 0 aliphatic heterocycles. The van der Waals surface area contributed by atoms with Crippen molar-refractivity contribution in [3.8, 4) is 32.4 Å². The molecule has 0 saturated carbocycles. The maximum Gasteiger partial charge on any atom is 0.172 e. The highest BCUT2D eigenvalue weighted by Crippen LogP contribution is 2.57. The summed E-state index contributed by atoms with van der Waals surface area (Å²) in [6, 6.07) is 4.79.